The number of halogens is 1. The van der Waals surface area contributed by atoms with Gasteiger partial charge in [-0.3, -0.25) is 4.90 Å². The third kappa shape index (κ3) is 5.81. The van der Waals surface area contributed by atoms with Crippen LogP contribution in [0.25, 0.3) is 0 Å². The van der Waals surface area contributed by atoms with E-state index in [9.17, 15) is 0 Å². The van der Waals surface area contributed by atoms with Gasteiger partial charge < -0.3 is 10.5 Å². The number of rotatable bonds is 6. The number of piperidine rings is 1. The van der Waals surface area contributed by atoms with Crippen LogP contribution in [0.5, 0.6) is 5.75 Å². The molecule has 0 radical (unpaired) electrons. The minimum Gasteiger partial charge on any atom is -0.494 e. The van der Waals surface area contributed by atoms with Crippen molar-refractivity contribution in [2.24, 2.45) is 5.73 Å². The van der Waals surface area contributed by atoms with E-state index in [0.717, 1.165) is 18.7 Å². The molecular formula is C15H25ClN2O. The van der Waals surface area contributed by atoms with Crippen LogP contribution >= 0.6 is 12.4 Å². The lowest BCUT2D eigenvalue weighted by Crippen LogP contribution is -2.29. The van der Waals surface area contributed by atoms with Gasteiger partial charge in [0.15, 0.2) is 0 Å². The van der Waals surface area contributed by atoms with Crippen LogP contribution in [0.4, 0.5) is 0 Å². The summed E-state index contributed by atoms with van der Waals surface area (Å²) >= 11 is 0. The van der Waals surface area contributed by atoms with Crippen molar-refractivity contribution in [2.45, 2.75) is 32.2 Å². The van der Waals surface area contributed by atoms with Gasteiger partial charge in [0.1, 0.15) is 5.75 Å². The molecule has 0 unspecified atom stereocenters. The van der Waals surface area contributed by atoms with Gasteiger partial charge in [-0.25, -0.2) is 0 Å². The maximum Gasteiger partial charge on any atom is 0.119 e. The first-order valence-electron chi connectivity index (χ1n) is 7.02. The Labute approximate surface area is 122 Å². The summed E-state index contributed by atoms with van der Waals surface area (Å²) in [6, 6.07) is 8.45. The standard InChI is InChI=1S/C15H24N2O.ClH/c16-8-5-11-18-15-7-4-6-14(12-15)13-17-9-2-1-3-10-17;/h4,6-7,12H,1-3,5,8-11,13,16H2;1H. The van der Waals surface area contributed by atoms with E-state index >= 15 is 0 Å². The molecule has 2 N–H and O–H groups in total. The molecule has 19 heavy (non-hydrogen) atoms. The molecule has 0 aliphatic carbocycles. The highest BCUT2D eigenvalue weighted by molar-refractivity contribution is 5.85. The highest BCUT2D eigenvalue weighted by atomic mass is 35.5. The van der Waals surface area contributed by atoms with E-state index in [1.54, 1.807) is 0 Å². The molecule has 2 rings (SSSR count). The van der Waals surface area contributed by atoms with Gasteiger partial charge in [0.25, 0.3) is 0 Å². The van der Waals surface area contributed by atoms with E-state index < -0.39 is 0 Å². The third-order valence-electron chi connectivity index (χ3n) is 3.37. The molecule has 1 aromatic rings. The average Bonchev–Trinajstić information content (AvgIpc) is 2.41. The molecule has 1 saturated heterocycles. The normalized spacial score (nSPS) is 15.8. The van der Waals surface area contributed by atoms with Crippen molar-refractivity contribution in [3.8, 4) is 5.75 Å². The smallest absolute Gasteiger partial charge is 0.119 e. The van der Waals surface area contributed by atoms with Crippen LogP contribution in [-0.2, 0) is 6.54 Å². The van der Waals surface area contributed by atoms with Gasteiger partial charge in [0.2, 0.25) is 0 Å². The number of likely N-dealkylation sites (tertiary alicyclic amines) is 1. The van der Waals surface area contributed by atoms with E-state index in [2.05, 4.69) is 23.1 Å². The Balaban J connectivity index is 0.00000180. The Kier molecular flexibility index (Phi) is 7.87. The van der Waals surface area contributed by atoms with Crippen LogP contribution in [0.2, 0.25) is 0 Å². The first-order chi connectivity index (χ1) is 8.88. The maximum atomic E-state index is 5.68. The van der Waals surface area contributed by atoms with Crippen LogP contribution in [-0.4, -0.2) is 31.1 Å². The lowest BCUT2D eigenvalue weighted by molar-refractivity contribution is 0.220. The van der Waals surface area contributed by atoms with Crippen LogP contribution in [0.1, 0.15) is 31.2 Å². The van der Waals surface area contributed by atoms with Crippen LogP contribution in [0.15, 0.2) is 24.3 Å². The van der Waals surface area contributed by atoms with Crippen LogP contribution < -0.4 is 10.5 Å². The number of ether oxygens (including phenoxy) is 1. The average molecular weight is 285 g/mol. The number of nitrogens with zero attached hydrogens (tertiary/aromatic N) is 1. The Hall–Kier alpha value is -0.770. The van der Waals surface area contributed by atoms with Crippen LogP contribution in [0, 0.1) is 0 Å². The van der Waals surface area contributed by atoms with Crippen molar-refractivity contribution in [1.82, 2.24) is 4.90 Å². The van der Waals surface area contributed by atoms with Gasteiger partial charge >= 0.3 is 0 Å². The molecule has 1 heterocycles. The van der Waals surface area contributed by atoms with Crippen molar-refractivity contribution >= 4 is 12.4 Å². The van der Waals surface area contributed by atoms with E-state index in [1.165, 1.54) is 37.9 Å². The molecule has 1 aromatic carbocycles. The summed E-state index contributed by atoms with van der Waals surface area (Å²) in [7, 11) is 0. The molecule has 0 aromatic heterocycles. The Morgan fingerprint density at radius 1 is 1.16 bits per heavy atom. The first-order valence-corrected chi connectivity index (χ1v) is 7.02. The second-order valence-electron chi connectivity index (χ2n) is 4.97. The topological polar surface area (TPSA) is 38.5 Å². The quantitative estimate of drug-likeness (QED) is 0.817. The second kappa shape index (κ2) is 9.18. The summed E-state index contributed by atoms with van der Waals surface area (Å²) in [5.41, 5.74) is 6.81. The molecule has 0 spiro atoms. The Morgan fingerprint density at radius 2 is 1.95 bits per heavy atom. The predicted molar refractivity (Wildman–Crippen MR) is 82.0 cm³/mol. The first kappa shape index (κ1) is 16.3. The van der Waals surface area contributed by atoms with Gasteiger partial charge in [-0.05, 0) is 56.6 Å². The summed E-state index contributed by atoms with van der Waals surface area (Å²) in [5.74, 6) is 0.970. The Morgan fingerprint density at radius 3 is 2.68 bits per heavy atom. The van der Waals surface area contributed by atoms with Gasteiger partial charge in [-0.1, -0.05) is 18.6 Å². The largest absolute Gasteiger partial charge is 0.494 e. The number of hydrogen-bond acceptors (Lipinski definition) is 3. The predicted octanol–water partition coefficient (Wildman–Crippen LogP) is 2.82. The number of nitrogens with two attached hydrogens (primary N) is 1. The zero-order chi connectivity index (χ0) is 12.6. The highest BCUT2D eigenvalue weighted by Crippen LogP contribution is 2.17. The second-order valence-corrected chi connectivity index (χ2v) is 4.97. The summed E-state index contributed by atoms with van der Waals surface area (Å²) in [5, 5.41) is 0. The SMILES string of the molecule is Cl.NCCCOc1cccc(CN2CCCCC2)c1. The molecular weight excluding hydrogens is 260 g/mol. The molecule has 0 amide bonds. The molecule has 1 fully saturated rings. The summed E-state index contributed by atoms with van der Waals surface area (Å²) < 4.78 is 5.68. The molecule has 0 atom stereocenters. The molecule has 0 bridgehead atoms. The highest BCUT2D eigenvalue weighted by Gasteiger charge is 2.10. The fourth-order valence-corrected chi connectivity index (χ4v) is 2.38. The summed E-state index contributed by atoms with van der Waals surface area (Å²) in [6.07, 6.45) is 4.98. The molecule has 108 valence electrons. The lowest BCUT2D eigenvalue weighted by Gasteiger charge is -2.26. The lowest BCUT2D eigenvalue weighted by atomic mass is 10.1. The van der Waals surface area contributed by atoms with Crippen molar-refractivity contribution in [1.29, 1.82) is 0 Å². The van der Waals surface area contributed by atoms with Crippen molar-refractivity contribution in [2.75, 3.05) is 26.2 Å². The van der Waals surface area contributed by atoms with E-state index in [-0.39, 0.29) is 12.4 Å². The van der Waals surface area contributed by atoms with Gasteiger partial charge in [0.05, 0.1) is 6.61 Å². The van der Waals surface area contributed by atoms with E-state index in [1.807, 2.05) is 6.07 Å². The molecule has 3 nitrogen and oxygen atoms in total. The fraction of sp³-hybridized carbons (Fsp3) is 0.600. The molecule has 1 aliphatic heterocycles. The molecule has 0 saturated carbocycles. The third-order valence-corrected chi connectivity index (χ3v) is 3.37. The maximum absolute atomic E-state index is 5.68. The van der Waals surface area contributed by atoms with Crippen molar-refractivity contribution < 1.29 is 4.74 Å². The van der Waals surface area contributed by atoms with Gasteiger partial charge in [-0.15, -0.1) is 12.4 Å². The van der Waals surface area contributed by atoms with E-state index in [0.29, 0.717) is 13.2 Å². The monoisotopic (exact) mass is 284 g/mol. The zero-order valence-corrected chi connectivity index (χ0v) is 12.3. The van der Waals surface area contributed by atoms with E-state index in [4.69, 9.17) is 10.5 Å². The number of benzene rings is 1. The number of hydrogen-bond donors (Lipinski definition) is 1. The van der Waals surface area contributed by atoms with Gasteiger partial charge in [-0.2, -0.15) is 0 Å². The fourth-order valence-electron chi connectivity index (χ4n) is 2.38. The van der Waals surface area contributed by atoms with Gasteiger partial charge in [0, 0.05) is 6.54 Å². The summed E-state index contributed by atoms with van der Waals surface area (Å²) in [4.78, 5) is 2.53. The van der Waals surface area contributed by atoms with Crippen molar-refractivity contribution in [3.63, 3.8) is 0 Å². The van der Waals surface area contributed by atoms with Crippen LogP contribution in [0.3, 0.4) is 0 Å². The summed E-state index contributed by atoms with van der Waals surface area (Å²) in [6.45, 7) is 4.92. The molecule has 1 aliphatic rings. The zero-order valence-electron chi connectivity index (χ0n) is 11.5. The minimum atomic E-state index is 0. The minimum absolute atomic E-state index is 0. The van der Waals surface area contributed by atoms with Crippen molar-refractivity contribution in [3.05, 3.63) is 29.8 Å². The molecule has 4 heteroatoms. The Bertz CT molecular complexity index is 354.